The molecule has 0 spiro atoms. The highest BCUT2D eigenvalue weighted by Crippen LogP contribution is 2.27. The van der Waals surface area contributed by atoms with Crippen LogP contribution in [0.5, 0.6) is 0 Å². The Balaban J connectivity index is 1.73. The second kappa shape index (κ2) is 7.02. The van der Waals surface area contributed by atoms with E-state index in [-0.39, 0.29) is 5.69 Å². The van der Waals surface area contributed by atoms with E-state index in [0.29, 0.717) is 10.8 Å². The van der Waals surface area contributed by atoms with E-state index in [2.05, 4.69) is 10.2 Å². The first-order valence-electron chi connectivity index (χ1n) is 7.06. The van der Waals surface area contributed by atoms with Crippen LogP contribution in [-0.4, -0.2) is 19.7 Å². The molecule has 8 heteroatoms. The molecule has 1 heterocycles. The fourth-order valence-electron chi connectivity index (χ4n) is 2.18. The maximum Gasteiger partial charge on any atom is 0.269 e. The number of thioether (sulfide) groups is 1. The largest absolute Gasteiger partial charge is 0.305 e. The third kappa shape index (κ3) is 3.58. The van der Waals surface area contributed by atoms with Crippen molar-refractivity contribution in [3.63, 3.8) is 0 Å². The van der Waals surface area contributed by atoms with Gasteiger partial charge < -0.3 is 4.57 Å². The van der Waals surface area contributed by atoms with Crippen molar-refractivity contribution < 1.29 is 4.92 Å². The Labute approximate surface area is 147 Å². The van der Waals surface area contributed by atoms with Crippen molar-refractivity contribution in [1.82, 2.24) is 14.8 Å². The van der Waals surface area contributed by atoms with Crippen LogP contribution in [0.2, 0.25) is 5.02 Å². The Bertz CT molecular complexity index is 880. The van der Waals surface area contributed by atoms with Gasteiger partial charge in [-0.1, -0.05) is 47.6 Å². The van der Waals surface area contributed by atoms with Gasteiger partial charge in [-0.05, 0) is 17.7 Å². The van der Waals surface area contributed by atoms with Crippen molar-refractivity contribution in [2.45, 2.75) is 10.9 Å². The summed E-state index contributed by atoms with van der Waals surface area (Å²) in [7, 11) is 1.90. The molecule has 0 aliphatic carbocycles. The lowest BCUT2D eigenvalue weighted by Gasteiger charge is -2.04. The van der Waals surface area contributed by atoms with Crippen molar-refractivity contribution in [2.75, 3.05) is 0 Å². The van der Waals surface area contributed by atoms with E-state index in [9.17, 15) is 10.1 Å². The Kier molecular flexibility index (Phi) is 4.82. The Morgan fingerprint density at radius 3 is 2.62 bits per heavy atom. The predicted molar refractivity (Wildman–Crippen MR) is 94.1 cm³/mol. The Morgan fingerprint density at radius 2 is 1.96 bits per heavy atom. The summed E-state index contributed by atoms with van der Waals surface area (Å²) in [5, 5.41) is 20.5. The molecule has 0 saturated carbocycles. The van der Waals surface area contributed by atoms with Crippen molar-refractivity contribution in [3.05, 3.63) is 69.2 Å². The van der Waals surface area contributed by atoms with E-state index in [4.69, 9.17) is 11.6 Å². The minimum absolute atomic E-state index is 0.0886. The first-order chi connectivity index (χ1) is 11.5. The number of hydrogen-bond acceptors (Lipinski definition) is 5. The van der Waals surface area contributed by atoms with Gasteiger partial charge in [-0.25, -0.2) is 0 Å². The number of benzene rings is 2. The molecule has 3 aromatic rings. The number of nitro groups is 1. The molecule has 0 fully saturated rings. The van der Waals surface area contributed by atoms with Gasteiger partial charge in [0, 0.05) is 35.5 Å². The molecular formula is C16H13ClN4O2S. The summed E-state index contributed by atoms with van der Waals surface area (Å²) in [4.78, 5) is 10.3. The monoisotopic (exact) mass is 360 g/mol. The summed E-state index contributed by atoms with van der Waals surface area (Å²) in [5.41, 5.74) is 1.98. The lowest BCUT2D eigenvalue weighted by Crippen LogP contribution is -1.95. The standard InChI is InChI=1S/C16H13ClN4O2S/c1-20-15(12-3-2-4-13(17)9-12)18-19-16(20)24-10-11-5-7-14(8-6-11)21(22)23/h2-9H,10H2,1H3. The summed E-state index contributed by atoms with van der Waals surface area (Å²) >= 11 is 7.54. The number of nitrogens with zero attached hydrogens (tertiary/aromatic N) is 4. The van der Waals surface area contributed by atoms with Gasteiger partial charge in [0.25, 0.3) is 5.69 Å². The van der Waals surface area contributed by atoms with Gasteiger partial charge in [-0.15, -0.1) is 10.2 Å². The van der Waals surface area contributed by atoms with Gasteiger partial charge >= 0.3 is 0 Å². The zero-order valence-electron chi connectivity index (χ0n) is 12.7. The van der Waals surface area contributed by atoms with Crippen LogP contribution in [0, 0.1) is 10.1 Å². The van der Waals surface area contributed by atoms with E-state index in [1.54, 1.807) is 12.1 Å². The molecule has 0 unspecified atom stereocenters. The van der Waals surface area contributed by atoms with Gasteiger partial charge in [-0.2, -0.15) is 0 Å². The fourth-order valence-corrected chi connectivity index (χ4v) is 3.24. The second-order valence-electron chi connectivity index (χ2n) is 5.09. The minimum atomic E-state index is -0.406. The van der Waals surface area contributed by atoms with Crippen molar-refractivity contribution in [2.24, 2.45) is 7.05 Å². The van der Waals surface area contributed by atoms with E-state index >= 15 is 0 Å². The molecule has 24 heavy (non-hydrogen) atoms. The van der Waals surface area contributed by atoms with Gasteiger partial charge in [-0.3, -0.25) is 10.1 Å². The molecule has 0 bridgehead atoms. The number of hydrogen-bond donors (Lipinski definition) is 0. The van der Waals surface area contributed by atoms with E-state index < -0.39 is 4.92 Å². The van der Waals surface area contributed by atoms with Crippen LogP contribution >= 0.6 is 23.4 Å². The molecule has 3 rings (SSSR count). The minimum Gasteiger partial charge on any atom is -0.305 e. The lowest BCUT2D eigenvalue weighted by molar-refractivity contribution is -0.384. The Hall–Kier alpha value is -2.38. The average Bonchev–Trinajstić information content (AvgIpc) is 2.94. The first kappa shape index (κ1) is 16.5. The third-order valence-corrected chi connectivity index (χ3v) is 4.76. The summed E-state index contributed by atoms with van der Waals surface area (Å²) in [6.07, 6.45) is 0. The van der Waals surface area contributed by atoms with Crippen LogP contribution in [0.4, 0.5) is 5.69 Å². The molecule has 0 N–H and O–H groups in total. The molecule has 6 nitrogen and oxygen atoms in total. The maximum absolute atomic E-state index is 10.7. The molecule has 0 aliphatic rings. The summed E-state index contributed by atoms with van der Waals surface area (Å²) < 4.78 is 1.90. The van der Waals surface area contributed by atoms with Gasteiger partial charge in [0.05, 0.1) is 4.92 Å². The second-order valence-corrected chi connectivity index (χ2v) is 6.47. The lowest BCUT2D eigenvalue weighted by atomic mass is 10.2. The van der Waals surface area contributed by atoms with Crippen molar-refractivity contribution in [3.8, 4) is 11.4 Å². The highest BCUT2D eigenvalue weighted by atomic mass is 35.5. The highest BCUT2D eigenvalue weighted by molar-refractivity contribution is 7.98. The number of rotatable bonds is 5. The topological polar surface area (TPSA) is 73.8 Å². The molecule has 1 aromatic heterocycles. The zero-order valence-corrected chi connectivity index (χ0v) is 14.3. The van der Waals surface area contributed by atoms with E-state index in [0.717, 1.165) is 22.1 Å². The highest BCUT2D eigenvalue weighted by Gasteiger charge is 2.12. The molecule has 2 aromatic carbocycles. The third-order valence-electron chi connectivity index (χ3n) is 3.43. The van der Waals surface area contributed by atoms with Crippen LogP contribution in [-0.2, 0) is 12.8 Å². The quantitative estimate of drug-likeness (QED) is 0.384. The predicted octanol–water partition coefficient (Wildman–Crippen LogP) is 4.34. The van der Waals surface area contributed by atoms with Crippen LogP contribution in [0.1, 0.15) is 5.56 Å². The normalized spacial score (nSPS) is 10.8. The van der Waals surface area contributed by atoms with Gasteiger partial charge in [0.1, 0.15) is 0 Å². The average molecular weight is 361 g/mol. The maximum atomic E-state index is 10.7. The van der Waals surface area contributed by atoms with Crippen molar-refractivity contribution in [1.29, 1.82) is 0 Å². The molecule has 122 valence electrons. The zero-order chi connectivity index (χ0) is 17.1. The number of nitro benzene ring substituents is 1. The first-order valence-corrected chi connectivity index (χ1v) is 8.42. The van der Waals surface area contributed by atoms with Gasteiger partial charge in [0.15, 0.2) is 11.0 Å². The number of halogens is 1. The summed E-state index contributed by atoms with van der Waals surface area (Å²) in [6.45, 7) is 0. The van der Waals surface area contributed by atoms with Crippen LogP contribution < -0.4 is 0 Å². The summed E-state index contributed by atoms with van der Waals surface area (Å²) in [5.74, 6) is 1.39. The molecule has 0 radical (unpaired) electrons. The van der Waals surface area contributed by atoms with Crippen molar-refractivity contribution >= 4 is 29.1 Å². The Morgan fingerprint density at radius 1 is 1.21 bits per heavy atom. The number of aromatic nitrogens is 3. The van der Waals surface area contributed by atoms with Crippen LogP contribution in [0.15, 0.2) is 53.7 Å². The molecular weight excluding hydrogens is 348 g/mol. The summed E-state index contributed by atoms with van der Waals surface area (Å²) in [6, 6.07) is 14.0. The van der Waals surface area contributed by atoms with E-state index in [1.807, 2.05) is 35.9 Å². The van der Waals surface area contributed by atoms with E-state index in [1.165, 1.54) is 23.9 Å². The smallest absolute Gasteiger partial charge is 0.269 e. The molecule has 0 aliphatic heterocycles. The van der Waals surface area contributed by atoms with Crippen LogP contribution in [0.3, 0.4) is 0 Å². The number of non-ortho nitro benzene ring substituents is 1. The molecule has 0 saturated heterocycles. The van der Waals surface area contributed by atoms with Crippen LogP contribution in [0.25, 0.3) is 11.4 Å². The van der Waals surface area contributed by atoms with Gasteiger partial charge in [0.2, 0.25) is 0 Å². The molecule has 0 amide bonds. The molecule has 0 atom stereocenters. The SMILES string of the molecule is Cn1c(SCc2ccc([N+](=O)[O-])cc2)nnc1-c1cccc(Cl)c1. The fraction of sp³-hybridized carbons (Fsp3) is 0.125.